The molecule has 1 aromatic heterocycles. The van der Waals surface area contributed by atoms with Crippen molar-refractivity contribution in [2.75, 3.05) is 0 Å². The van der Waals surface area contributed by atoms with Crippen LogP contribution in [0.2, 0.25) is 5.02 Å². The number of aromatic amines is 1. The zero-order valence-electron chi connectivity index (χ0n) is 10.9. The first kappa shape index (κ1) is 14.6. The average molecular weight is 311 g/mol. The van der Waals surface area contributed by atoms with Gasteiger partial charge in [0.2, 0.25) is 0 Å². The molecule has 5 heteroatoms. The Bertz CT molecular complexity index is 638. The average Bonchev–Trinajstić information content (AvgIpc) is 2.37. The van der Waals surface area contributed by atoms with Crippen molar-refractivity contribution >= 4 is 35.6 Å². The molecule has 1 heterocycles. The van der Waals surface area contributed by atoms with E-state index in [-0.39, 0.29) is 0 Å². The number of aryl methyl sites for hydroxylation is 1. The number of aromatic nitrogens is 2. The van der Waals surface area contributed by atoms with Crippen molar-refractivity contribution < 1.29 is 0 Å². The summed E-state index contributed by atoms with van der Waals surface area (Å²) >= 11 is 13.1. The third kappa shape index (κ3) is 3.59. The minimum atomic E-state index is 0.702. The first-order chi connectivity index (χ1) is 9.11. The number of hydrogen-bond donors (Lipinski definition) is 1. The second-order valence-corrected chi connectivity index (χ2v) is 5.98. The van der Waals surface area contributed by atoms with Crippen LogP contribution in [0.4, 0.5) is 0 Å². The summed E-state index contributed by atoms with van der Waals surface area (Å²) in [5.41, 5.74) is 2.23. The highest BCUT2D eigenvalue weighted by atomic mass is 35.5. The number of nitrogens with zero attached hydrogens (tertiary/aromatic N) is 1. The standard InChI is InChI=1S/C14H15ClN2S2/c1-3-10-9(2)16-13(17-14(10)18)8-19-12-7-5-4-6-11(12)15/h4-7H,3,8H2,1-2H3,(H,16,17,18). The molecule has 19 heavy (non-hydrogen) atoms. The zero-order chi connectivity index (χ0) is 13.8. The van der Waals surface area contributed by atoms with Crippen molar-refractivity contribution in [2.24, 2.45) is 0 Å². The molecule has 1 N–H and O–H groups in total. The molecule has 0 radical (unpaired) electrons. The van der Waals surface area contributed by atoms with E-state index < -0.39 is 0 Å². The van der Waals surface area contributed by atoms with E-state index in [0.29, 0.717) is 4.64 Å². The molecule has 0 aliphatic carbocycles. The second-order valence-electron chi connectivity index (χ2n) is 4.16. The van der Waals surface area contributed by atoms with Crippen LogP contribution in [0.3, 0.4) is 0 Å². The lowest BCUT2D eigenvalue weighted by Gasteiger charge is -2.08. The van der Waals surface area contributed by atoms with Crippen LogP contribution >= 0.6 is 35.6 Å². The molecule has 0 aliphatic rings. The highest BCUT2D eigenvalue weighted by Gasteiger charge is 2.05. The quantitative estimate of drug-likeness (QED) is 0.639. The molecule has 0 aliphatic heterocycles. The fourth-order valence-corrected chi connectivity index (χ4v) is 3.38. The van der Waals surface area contributed by atoms with E-state index in [2.05, 4.69) is 16.9 Å². The molecule has 2 nitrogen and oxygen atoms in total. The van der Waals surface area contributed by atoms with Crippen LogP contribution in [0, 0.1) is 11.6 Å². The van der Waals surface area contributed by atoms with Gasteiger partial charge in [-0.15, -0.1) is 11.8 Å². The van der Waals surface area contributed by atoms with Gasteiger partial charge in [-0.25, -0.2) is 4.98 Å². The highest BCUT2D eigenvalue weighted by Crippen LogP contribution is 2.28. The SMILES string of the molecule is CCc1c(C)[nH]c(CSc2ccccc2Cl)nc1=S. The summed E-state index contributed by atoms with van der Waals surface area (Å²) in [6.07, 6.45) is 0.909. The topological polar surface area (TPSA) is 28.7 Å². The van der Waals surface area contributed by atoms with Gasteiger partial charge in [-0.2, -0.15) is 0 Å². The molecule has 0 unspecified atom stereocenters. The van der Waals surface area contributed by atoms with E-state index in [4.69, 9.17) is 23.8 Å². The van der Waals surface area contributed by atoms with E-state index in [1.807, 2.05) is 31.2 Å². The van der Waals surface area contributed by atoms with E-state index in [0.717, 1.165) is 39.2 Å². The zero-order valence-corrected chi connectivity index (χ0v) is 13.3. The maximum Gasteiger partial charge on any atom is 0.133 e. The first-order valence-corrected chi connectivity index (χ1v) is 7.85. The molecular weight excluding hydrogens is 296 g/mol. The maximum atomic E-state index is 6.13. The van der Waals surface area contributed by atoms with Crippen LogP contribution in [-0.2, 0) is 12.2 Å². The number of benzene rings is 1. The van der Waals surface area contributed by atoms with Gasteiger partial charge in [0.1, 0.15) is 10.5 Å². The number of nitrogens with one attached hydrogen (secondary N) is 1. The Hall–Kier alpha value is -0.840. The molecule has 0 saturated carbocycles. The Morgan fingerprint density at radius 2 is 2.11 bits per heavy atom. The minimum Gasteiger partial charge on any atom is -0.346 e. The third-order valence-corrected chi connectivity index (χ3v) is 4.70. The largest absolute Gasteiger partial charge is 0.346 e. The van der Waals surface area contributed by atoms with Gasteiger partial charge in [-0.3, -0.25) is 0 Å². The van der Waals surface area contributed by atoms with E-state index in [1.165, 1.54) is 0 Å². The molecule has 0 spiro atoms. The van der Waals surface area contributed by atoms with E-state index >= 15 is 0 Å². The van der Waals surface area contributed by atoms with Crippen LogP contribution < -0.4 is 0 Å². The number of halogens is 1. The number of hydrogen-bond acceptors (Lipinski definition) is 3. The van der Waals surface area contributed by atoms with Crippen molar-refractivity contribution in [1.29, 1.82) is 0 Å². The Morgan fingerprint density at radius 3 is 2.74 bits per heavy atom. The van der Waals surface area contributed by atoms with Crippen molar-refractivity contribution in [1.82, 2.24) is 9.97 Å². The second kappa shape index (κ2) is 6.55. The number of thioether (sulfide) groups is 1. The molecule has 1 aromatic carbocycles. The lowest BCUT2D eigenvalue weighted by molar-refractivity contribution is 0.927. The summed E-state index contributed by atoms with van der Waals surface area (Å²) in [6.45, 7) is 4.13. The van der Waals surface area contributed by atoms with Gasteiger partial charge in [0, 0.05) is 16.2 Å². The Morgan fingerprint density at radius 1 is 1.37 bits per heavy atom. The first-order valence-electron chi connectivity index (χ1n) is 6.07. The molecule has 100 valence electrons. The van der Waals surface area contributed by atoms with Gasteiger partial charge < -0.3 is 4.98 Å². The molecule has 0 atom stereocenters. The van der Waals surface area contributed by atoms with Crippen LogP contribution in [0.1, 0.15) is 24.0 Å². The monoisotopic (exact) mass is 310 g/mol. The summed E-state index contributed by atoms with van der Waals surface area (Å²) in [4.78, 5) is 8.82. The van der Waals surface area contributed by atoms with Crippen molar-refractivity contribution in [3.05, 3.63) is 51.0 Å². The number of rotatable bonds is 4. The minimum absolute atomic E-state index is 0.702. The van der Waals surface area contributed by atoms with Crippen LogP contribution in [-0.4, -0.2) is 9.97 Å². The summed E-state index contributed by atoms with van der Waals surface area (Å²) in [7, 11) is 0. The summed E-state index contributed by atoms with van der Waals surface area (Å²) in [6, 6.07) is 7.81. The molecule has 0 bridgehead atoms. The predicted molar refractivity (Wildman–Crippen MR) is 84.5 cm³/mol. The van der Waals surface area contributed by atoms with Gasteiger partial charge in [0.25, 0.3) is 0 Å². The van der Waals surface area contributed by atoms with Gasteiger partial charge in [-0.1, -0.05) is 42.9 Å². The van der Waals surface area contributed by atoms with Gasteiger partial charge >= 0.3 is 0 Å². The van der Waals surface area contributed by atoms with Crippen molar-refractivity contribution in [2.45, 2.75) is 30.9 Å². The number of H-pyrrole nitrogens is 1. The molecule has 2 rings (SSSR count). The summed E-state index contributed by atoms with van der Waals surface area (Å²) in [5.74, 6) is 1.63. The van der Waals surface area contributed by atoms with Gasteiger partial charge in [-0.05, 0) is 25.5 Å². The normalized spacial score (nSPS) is 10.7. The van der Waals surface area contributed by atoms with E-state index in [9.17, 15) is 0 Å². The molecule has 2 aromatic rings. The smallest absolute Gasteiger partial charge is 0.133 e. The van der Waals surface area contributed by atoms with Crippen molar-refractivity contribution in [3.8, 4) is 0 Å². The summed E-state index contributed by atoms with van der Waals surface area (Å²) in [5, 5.41) is 0.771. The van der Waals surface area contributed by atoms with Crippen molar-refractivity contribution in [3.63, 3.8) is 0 Å². The van der Waals surface area contributed by atoms with Gasteiger partial charge in [0.15, 0.2) is 0 Å². The fourth-order valence-electron chi connectivity index (χ4n) is 1.86. The highest BCUT2D eigenvalue weighted by molar-refractivity contribution is 7.98. The van der Waals surface area contributed by atoms with Crippen LogP contribution in [0.15, 0.2) is 29.2 Å². The Kier molecular flexibility index (Phi) is 5.02. The van der Waals surface area contributed by atoms with Crippen LogP contribution in [0.25, 0.3) is 0 Å². The van der Waals surface area contributed by atoms with E-state index in [1.54, 1.807) is 11.8 Å². The molecular formula is C14H15ClN2S2. The van der Waals surface area contributed by atoms with Crippen LogP contribution in [0.5, 0.6) is 0 Å². The molecule has 0 fully saturated rings. The lowest BCUT2D eigenvalue weighted by Crippen LogP contribution is -2.01. The maximum absolute atomic E-state index is 6.13. The lowest BCUT2D eigenvalue weighted by atomic mass is 10.2. The molecule has 0 amide bonds. The van der Waals surface area contributed by atoms with Gasteiger partial charge in [0.05, 0.1) is 10.8 Å². The molecule has 0 saturated heterocycles. The fraction of sp³-hybridized carbons (Fsp3) is 0.286. The summed E-state index contributed by atoms with van der Waals surface area (Å²) < 4.78 is 0.702. The Labute approximate surface area is 127 Å². The predicted octanol–water partition coefficient (Wildman–Crippen LogP) is 4.96. The Balaban J connectivity index is 2.17. The third-order valence-electron chi connectivity index (χ3n) is 2.83.